The molecule has 0 aromatic carbocycles. The normalized spacial score (nSPS) is 10.9. The van der Waals surface area contributed by atoms with Crippen molar-refractivity contribution in [2.75, 3.05) is 5.33 Å². The van der Waals surface area contributed by atoms with Crippen molar-refractivity contribution in [1.82, 2.24) is 0 Å². The third-order valence-electron chi connectivity index (χ3n) is 1.24. The molecule has 0 fully saturated rings. The fourth-order valence-corrected chi connectivity index (χ4v) is 0.845. The van der Waals surface area contributed by atoms with Crippen LogP contribution < -0.4 is 0 Å². The molecule has 0 aliphatic heterocycles. The summed E-state index contributed by atoms with van der Waals surface area (Å²) in [7, 11) is 0. The lowest BCUT2D eigenvalue weighted by molar-refractivity contribution is 0.448. The Labute approximate surface area is 65.2 Å². The van der Waals surface area contributed by atoms with Gasteiger partial charge in [-0.25, -0.2) is 0 Å². The monoisotopic (exact) mass is 189 g/mol. The van der Waals surface area contributed by atoms with Gasteiger partial charge in [-0.3, -0.25) is 0 Å². The van der Waals surface area contributed by atoms with Gasteiger partial charge in [0, 0.05) is 5.33 Å². The van der Waals surface area contributed by atoms with Gasteiger partial charge in [0.25, 0.3) is 0 Å². The Balaban J connectivity index is 3.49. The number of rotatable bonds is 3. The maximum Gasteiger partial charge on any atom is 0.0683 e. The summed E-state index contributed by atoms with van der Waals surface area (Å²) >= 11 is 3.32. The Bertz CT molecular complexity index is 113. The standard InChI is InChI=1S/C7H12BrN/c1-7(2,6-9)4-3-5-8/h3-5H2,1-2H3. The van der Waals surface area contributed by atoms with Gasteiger partial charge in [0.1, 0.15) is 0 Å². The van der Waals surface area contributed by atoms with Crippen molar-refractivity contribution in [1.29, 1.82) is 5.26 Å². The van der Waals surface area contributed by atoms with Crippen LogP contribution in [0.5, 0.6) is 0 Å². The first kappa shape index (κ1) is 8.97. The molecule has 52 valence electrons. The lowest BCUT2D eigenvalue weighted by atomic mass is 9.90. The number of hydrogen-bond acceptors (Lipinski definition) is 1. The molecule has 0 saturated heterocycles. The molecule has 0 aromatic heterocycles. The first-order valence-electron chi connectivity index (χ1n) is 3.09. The van der Waals surface area contributed by atoms with Gasteiger partial charge in [-0.1, -0.05) is 15.9 Å². The van der Waals surface area contributed by atoms with Crippen molar-refractivity contribution in [3.05, 3.63) is 0 Å². The largest absolute Gasteiger partial charge is 0.198 e. The number of halogens is 1. The first-order chi connectivity index (χ1) is 4.12. The predicted octanol–water partition coefficient (Wildman–Crippen LogP) is 2.71. The van der Waals surface area contributed by atoms with Crippen LogP contribution in [0, 0.1) is 16.7 Å². The molecule has 0 aliphatic carbocycles. The summed E-state index contributed by atoms with van der Waals surface area (Å²) in [5, 5.41) is 9.55. The van der Waals surface area contributed by atoms with Crippen LogP contribution in [-0.2, 0) is 0 Å². The van der Waals surface area contributed by atoms with Crippen LogP contribution in [0.1, 0.15) is 26.7 Å². The zero-order valence-corrected chi connectivity index (χ0v) is 7.53. The molecule has 0 aromatic rings. The van der Waals surface area contributed by atoms with Crippen molar-refractivity contribution in [3.63, 3.8) is 0 Å². The number of nitriles is 1. The molecule has 0 amide bonds. The third kappa shape index (κ3) is 4.47. The van der Waals surface area contributed by atoms with E-state index in [1.807, 2.05) is 13.8 Å². The SMILES string of the molecule is CC(C)(C#N)CCCBr. The van der Waals surface area contributed by atoms with Crippen LogP contribution in [-0.4, -0.2) is 5.33 Å². The van der Waals surface area contributed by atoms with Gasteiger partial charge in [0.15, 0.2) is 0 Å². The minimum absolute atomic E-state index is 0.131. The van der Waals surface area contributed by atoms with E-state index in [1.54, 1.807) is 0 Å². The Morgan fingerprint density at radius 3 is 2.44 bits per heavy atom. The van der Waals surface area contributed by atoms with Gasteiger partial charge in [-0.15, -0.1) is 0 Å². The van der Waals surface area contributed by atoms with Crippen LogP contribution in [0.2, 0.25) is 0 Å². The third-order valence-corrected chi connectivity index (χ3v) is 1.80. The summed E-state index contributed by atoms with van der Waals surface area (Å²) in [5.41, 5.74) is -0.131. The van der Waals surface area contributed by atoms with Crippen molar-refractivity contribution in [2.24, 2.45) is 5.41 Å². The van der Waals surface area contributed by atoms with Gasteiger partial charge in [-0.05, 0) is 26.7 Å². The summed E-state index contributed by atoms with van der Waals surface area (Å²) in [6, 6.07) is 2.26. The zero-order chi connectivity index (χ0) is 7.33. The van der Waals surface area contributed by atoms with E-state index in [9.17, 15) is 0 Å². The van der Waals surface area contributed by atoms with Crippen LogP contribution in [0.4, 0.5) is 0 Å². The molecule has 0 heterocycles. The minimum atomic E-state index is -0.131. The first-order valence-corrected chi connectivity index (χ1v) is 4.22. The molecule has 0 unspecified atom stereocenters. The van der Waals surface area contributed by atoms with Crippen LogP contribution in [0.25, 0.3) is 0 Å². The molecule has 0 radical (unpaired) electrons. The number of alkyl halides is 1. The van der Waals surface area contributed by atoms with Gasteiger partial charge in [0.05, 0.1) is 11.5 Å². The quantitative estimate of drug-likeness (QED) is 0.627. The maximum absolute atomic E-state index is 8.56. The molecule has 0 rings (SSSR count). The average molecular weight is 190 g/mol. The van der Waals surface area contributed by atoms with E-state index < -0.39 is 0 Å². The molecule has 9 heavy (non-hydrogen) atoms. The lowest BCUT2D eigenvalue weighted by Crippen LogP contribution is -2.07. The van der Waals surface area contributed by atoms with E-state index in [0.29, 0.717) is 0 Å². The highest BCUT2D eigenvalue weighted by Crippen LogP contribution is 2.20. The Kier molecular flexibility index (Phi) is 3.88. The Morgan fingerprint density at radius 2 is 2.11 bits per heavy atom. The second kappa shape index (κ2) is 3.90. The summed E-state index contributed by atoms with van der Waals surface area (Å²) < 4.78 is 0. The summed E-state index contributed by atoms with van der Waals surface area (Å²) in [6.07, 6.45) is 2.06. The van der Waals surface area contributed by atoms with E-state index in [-0.39, 0.29) is 5.41 Å². The van der Waals surface area contributed by atoms with E-state index in [2.05, 4.69) is 22.0 Å². The summed E-state index contributed by atoms with van der Waals surface area (Å²) in [5.74, 6) is 0. The fourth-order valence-electron chi connectivity index (χ4n) is 0.565. The molecular formula is C7H12BrN. The smallest absolute Gasteiger partial charge is 0.0683 e. The molecule has 0 aliphatic rings. The maximum atomic E-state index is 8.56. The summed E-state index contributed by atoms with van der Waals surface area (Å²) in [4.78, 5) is 0. The van der Waals surface area contributed by atoms with Crippen LogP contribution >= 0.6 is 15.9 Å². The van der Waals surface area contributed by atoms with Crippen molar-refractivity contribution < 1.29 is 0 Å². The molecular weight excluding hydrogens is 178 g/mol. The van der Waals surface area contributed by atoms with Gasteiger partial charge >= 0.3 is 0 Å². The van der Waals surface area contributed by atoms with E-state index in [4.69, 9.17) is 5.26 Å². The van der Waals surface area contributed by atoms with Crippen molar-refractivity contribution in [2.45, 2.75) is 26.7 Å². The second-order valence-electron chi connectivity index (χ2n) is 2.79. The highest BCUT2D eigenvalue weighted by Gasteiger charge is 2.14. The molecule has 0 spiro atoms. The number of nitrogens with zero attached hydrogens (tertiary/aromatic N) is 1. The predicted molar refractivity (Wildman–Crippen MR) is 42.4 cm³/mol. The van der Waals surface area contributed by atoms with Crippen molar-refractivity contribution in [3.8, 4) is 6.07 Å². The zero-order valence-electron chi connectivity index (χ0n) is 5.95. The van der Waals surface area contributed by atoms with Crippen LogP contribution in [0.3, 0.4) is 0 Å². The summed E-state index contributed by atoms with van der Waals surface area (Å²) in [6.45, 7) is 3.94. The molecule has 0 N–H and O–H groups in total. The minimum Gasteiger partial charge on any atom is -0.198 e. The van der Waals surface area contributed by atoms with Gasteiger partial charge in [-0.2, -0.15) is 5.26 Å². The van der Waals surface area contributed by atoms with E-state index in [1.165, 1.54) is 0 Å². The molecule has 0 saturated carbocycles. The highest BCUT2D eigenvalue weighted by molar-refractivity contribution is 9.09. The van der Waals surface area contributed by atoms with Gasteiger partial charge in [0.2, 0.25) is 0 Å². The molecule has 0 bridgehead atoms. The van der Waals surface area contributed by atoms with Crippen molar-refractivity contribution >= 4 is 15.9 Å². The Morgan fingerprint density at radius 1 is 1.56 bits per heavy atom. The Hall–Kier alpha value is -0.0300. The fraction of sp³-hybridized carbons (Fsp3) is 0.857. The highest BCUT2D eigenvalue weighted by atomic mass is 79.9. The van der Waals surface area contributed by atoms with E-state index >= 15 is 0 Å². The second-order valence-corrected chi connectivity index (χ2v) is 3.58. The van der Waals surface area contributed by atoms with Crippen LogP contribution in [0.15, 0.2) is 0 Å². The number of hydrogen-bond donors (Lipinski definition) is 0. The van der Waals surface area contributed by atoms with Gasteiger partial charge < -0.3 is 0 Å². The molecule has 2 heteroatoms. The van der Waals surface area contributed by atoms with E-state index in [0.717, 1.165) is 18.2 Å². The average Bonchev–Trinajstić information content (AvgIpc) is 1.84. The topological polar surface area (TPSA) is 23.8 Å². The lowest BCUT2D eigenvalue weighted by Gasteiger charge is -2.12. The molecule has 0 atom stereocenters. The molecule has 1 nitrogen and oxygen atoms in total.